The molecule has 0 atom stereocenters. The van der Waals surface area contributed by atoms with Gasteiger partial charge in [-0.15, -0.1) is 0 Å². The van der Waals surface area contributed by atoms with E-state index in [1.165, 1.54) is 0 Å². The second-order valence-electron chi connectivity index (χ2n) is 6.45. The number of benzene rings is 3. The molecule has 3 nitrogen and oxygen atoms in total. The molecule has 0 unspecified atom stereocenters. The Morgan fingerprint density at radius 1 is 0.793 bits per heavy atom. The van der Waals surface area contributed by atoms with Crippen molar-refractivity contribution in [3.8, 4) is 11.5 Å². The minimum absolute atomic E-state index is 0.309. The highest BCUT2D eigenvalue weighted by molar-refractivity contribution is 6.42. The third kappa shape index (κ3) is 5.64. The van der Waals surface area contributed by atoms with Gasteiger partial charge >= 0.3 is 0 Å². The molecule has 3 rings (SSSR count). The van der Waals surface area contributed by atoms with Crippen LogP contribution >= 0.6 is 46.4 Å². The molecule has 0 spiro atoms. The van der Waals surface area contributed by atoms with E-state index in [-0.39, 0.29) is 0 Å². The first kappa shape index (κ1) is 21.9. The van der Waals surface area contributed by atoms with Crippen molar-refractivity contribution >= 4 is 52.1 Å². The minimum atomic E-state index is 0.309. The molecule has 3 aromatic rings. The van der Waals surface area contributed by atoms with E-state index < -0.39 is 0 Å². The number of halogens is 4. The highest BCUT2D eigenvalue weighted by Crippen LogP contribution is 2.35. The van der Waals surface area contributed by atoms with Crippen LogP contribution in [0.1, 0.15) is 16.7 Å². The van der Waals surface area contributed by atoms with Crippen molar-refractivity contribution in [2.75, 3.05) is 12.4 Å². The molecule has 0 aromatic heterocycles. The van der Waals surface area contributed by atoms with Gasteiger partial charge < -0.3 is 14.8 Å². The summed E-state index contributed by atoms with van der Waals surface area (Å²) in [5.41, 5.74) is 3.71. The van der Waals surface area contributed by atoms with Crippen molar-refractivity contribution in [2.45, 2.75) is 20.1 Å². The Morgan fingerprint density at radius 3 is 2.28 bits per heavy atom. The maximum atomic E-state index is 6.47. The summed E-state index contributed by atoms with van der Waals surface area (Å²) in [7, 11) is 1.59. The Morgan fingerprint density at radius 2 is 1.59 bits per heavy atom. The van der Waals surface area contributed by atoms with E-state index in [1.807, 2.05) is 37.3 Å². The molecule has 7 heteroatoms. The van der Waals surface area contributed by atoms with Crippen LogP contribution in [-0.4, -0.2) is 7.11 Å². The third-order valence-electron chi connectivity index (χ3n) is 4.37. The predicted octanol–water partition coefficient (Wildman–Crippen LogP) is 7.81. The molecule has 0 amide bonds. The lowest BCUT2D eigenvalue weighted by atomic mass is 10.1. The zero-order chi connectivity index (χ0) is 21.0. The Labute approximate surface area is 190 Å². The lowest BCUT2D eigenvalue weighted by Gasteiger charge is -2.15. The Bertz CT molecular complexity index is 1020. The molecule has 29 heavy (non-hydrogen) atoms. The third-order valence-corrected chi connectivity index (χ3v) is 5.86. The normalized spacial score (nSPS) is 10.7. The smallest absolute Gasteiger partial charge is 0.163 e. The van der Waals surface area contributed by atoms with Crippen LogP contribution in [-0.2, 0) is 13.2 Å². The fourth-order valence-corrected chi connectivity index (χ4v) is 3.40. The fourth-order valence-electron chi connectivity index (χ4n) is 2.68. The van der Waals surface area contributed by atoms with Gasteiger partial charge in [-0.2, -0.15) is 0 Å². The quantitative estimate of drug-likeness (QED) is 0.381. The molecule has 0 aliphatic heterocycles. The molecule has 0 heterocycles. The van der Waals surface area contributed by atoms with Crippen molar-refractivity contribution in [3.63, 3.8) is 0 Å². The highest BCUT2D eigenvalue weighted by Gasteiger charge is 2.12. The van der Waals surface area contributed by atoms with Crippen molar-refractivity contribution in [3.05, 3.63) is 85.3 Å². The lowest BCUT2D eigenvalue weighted by molar-refractivity contribution is 0.284. The van der Waals surface area contributed by atoms with Gasteiger partial charge in [-0.1, -0.05) is 58.5 Å². The van der Waals surface area contributed by atoms with E-state index >= 15 is 0 Å². The molecule has 0 saturated heterocycles. The van der Waals surface area contributed by atoms with Gasteiger partial charge in [0.15, 0.2) is 11.5 Å². The van der Waals surface area contributed by atoms with Crippen LogP contribution in [0.5, 0.6) is 11.5 Å². The number of methoxy groups -OCH3 is 1. The molecule has 0 aliphatic rings. The second kappa shape index (κ2) is 9.82. The molecular formula is C22H19Cl4NO2. The van der Waals surface area contributed by atoms with Gasteiger partial charge in [0.25, 0.3) is 0 Å². The zero-order valence-electron chi connectivity index (χ0n) is 15.9. The van der Waals surface area contributed by atoms with Gasteiger partial charge in [0, 0.05) is 28.3 Å². The number of rotatable bonds is 7. The Hall–Kier alpha value is -1.78. The summed E-state index contributed by atoms with van der Waals surface area (Å²) in [6.07, 6.45) is 0. The standard InChI is InChI=1S/C22H19Cl4NO2/c1-13-3-5-16(9-18(13)24)27-11-15-8-21(28-2)22(10-19(15)25)29-12-14-4-6-17(23)20(26)7-14/h3-10,27H,11-12H2,1-2H3. The summed E-state index contributed by atoms with van der Waals surface area (Å²) < 4.78 is 11.4. The maximum absolute atomic E-state index is 6.47. The number of hydrogen-bond donors (Lipinski definition) is 1. The van der Waals surface area contributed by atoms with Crippen molar-refractivity contribution in [1.29, 1.82) is 0 Å². The first-order valence-corrected chi connectivity index (χ1v) is 10.3. The van der Waals surface area contributed by atoms with Crippen LogP contribution in [0.2, 0.25) is 20.1 Å². The first-order chi connectivity index (χ1) is 13.9. The molecule has 0 aliphatic carbocycles. The van der Waals surface area contributed by atoms with Gasteiger partial charge in [-0.25, -0.2) is 0 Å². The van der Waals surface area contributed by atoms with Crippen LogP contribution in [0.4, 0.5) is 5.69 Å². The summed E-state index contributed by atoms with van der Waals surface area (Å²) in [6, 6.07) is 14.8. The van der Waals surface area contributed by atoms with Gasteiger partial charge in [0.05, 0.1) is 17.2 Å². The largest absolute Gasteiger partial charge is 0.493 e. The number of anilines is 1. The zero-order valence-corrected chi connectivity index (χ0v) is 18.9. The van der Waals surface area contributed by atoms with Crippen molar-refractivity contribution < 1.29 is 9.47 Å². The van der Waals surface area contributed by atoms with E-state index in [0.29, 0.717) is 44.7 Å². The number of nitrogens with one attached hydrogen (secondary N) is 1. The Kier molecular flexibility index (Phi) is 7.42. The minimum Gasteiger partial charge on any atom is -0.493 e. The Balaban J connectivity index is 1.72. The molecule has 0 fully saturated rings. The molecule has 0 radical (unpaired) electrons. The SMILES string of the molecule is COc1cc(CNc2ccc(C)c(Cl)c2)c(Cl)cc1OCc1ccc(Cl)c(Cl)c1. The van der Waals surface area contributed by atoms with Gasteiger partial charge in [-0.3, -0.25) is 0 Å². The van der Waals surface area contributed by atoms with Crippen LogP contribution < -0.4 is 14.8 Å². The topological polar surface area (TPSA) is 30.5 Å². The summed E-state index contributed by atoms with van der Waals surface area (Å²) in [5.74, 6) is 1.14. The van der Waals surface area contributed by atoms with E-state index in [2.05, 4.69) is 5.32 Å². The van der Waals surface area contributed by atoms with Crippen LogP contribution in [0, 0.1) is 6.92 Å². The monoisotopic (exact) mass is 469 g/mol. The molecule has 1 N–H and O–H groups in total. The number of ether oxygens (including phenoxy) is 2. The van der Waals surface area contributed by atoms with E-state index in [1.54, 1.807) is 25.3 Å². The molecule has 3 aromatic carbocycles. The second-order valence-corrected chi connectivity index (χ2v) is 8.08. The van der Waals surface area contributed by atoms with E-state index in [4.69, 9.17) is 55.9 Å². The molecule has 0 bridgehead atoms. The summed E-state index contributed by atoms with van der Waals surface area (Å²) in [6.45, 7) is 2.79. The lowest BCUT2D eigenvalue weighted by Crippen LogP contribution is -2.03. The van der Waals surface area contributed by atoms with Crippen LogP contribution in [0.3, 0.4) is 0 Å². The fraction of sp³-hybridized carbons (Fsp3) is 0.182. The first-order valence-electron chi connectivity index (χ1n) is 8.80. The average Bonchev–Trinajstić information content (AvgIpc) is 2.70. The average molecular weight is 471 g/mol. The number of hydrogen-bond acceptors (Lipinski definition) is 3. The molecule has 152 valence electrons. The van der Waals surface area contributed by atoms with Crippen LogP contribution in [0.15, 0.2) is 48.5 Å². The maximum Gasteiger partial charge on any atom is 0.163 e. The van der Waals surface area contributed by atoms with Crippen LogP contribution in [0.25, 0.3) is 0 Å². The summed E-state index contributed by atoms with van der Waals surface area (Å²) >= 11 is 24.7. The highest BCUT2D eigenvalue weighted by atomic mass is 35.5. The number of aryl methyl sites for hydroxylation is 1. The van der Waals surface area contributed by atoms with E-state index in [9.17, 15) is 0 Å². The van der Waals surface area contributed by atoms with Crippen molar-refractivity contribution in [1.82, 2.24) is 0 Å². The molecular weight excluding hydrogens is 452 g/mol. The van der Waals surface area contributed by atoms with Gasteiger partial charge in [0.1, 0.15) is 6.61 Å². The van der Waals surface area contributed by atoms with E-state index in [0.717, 1.165) is 22.4 Å². The summed E-state index contributed by atoms with van der Waals surface area (Å²) in [4.78, 5) is 0. The van der Waals surface area contributed by atoms with Gasteiger partial charge in [-0.05, 0) is 53.9 Å². The summed E-state index contributed by atoms with van der Waals surface area (Å²) in [5, 5.41) is 5.58. The predicted molar refractivity (Wildman–Crippen MR) is 122 cm³/mol. The molecule has 0 saturated carbocycles. The van der Waals surface area contributed by atoms with Gasteiger partial charge in [0.2, 0.25) is 0 Å². The van der Waals surface area contributed by atoms with Crippen molar-refractivity contribution in [2.24, 2.45) is 0 Å².